The van der Waals surface area contributed by atoms with E-state index in [1.807, 2.05) is 0 Å². The number of fused-ring (bicyclic) bond motifs is 1. The topological polar surface area (TPSA) is 136 Å². The zero-order chi connectivity index (χ0) is 11.0. The normalized spacial score (nSPS) is 14.9. The minimum absolute atomic E-state index is 0.0213. The number of anilines is 4. The Kier molecular flexibility index (Phi) is 1.89. The molecule has 0 atom stereocenters. The Hall–Kier alpha value is -2.38. The summed E-state index contributed by atoms with van der Waals surface area (Å²) in [5.74, 6) is -0.860. The number of nitrogens with two attached hydrogens (primary N) is 2. The Labute approximate surface area is 84.1 Å². The quantitative estimate of drug-likeness (QED) is 0.400. The number of amides is 2. The van der Waals surface area contributed by atoms with Gasteiger partial charge in [-0.3, -0.25) is 9.59 Å². The summed E-state index contributed by atoms with van der Waals surface area (Å²) in [4.78, 5) is 29.8. The summed E-state index contributed by atoms with van der Waals surface area (Å²) in [5.41, 5.74) is 11.1. The third-order valence-electron chi connectivity index (χ3n) is 1.80. The van der Waals surface area contributed by atoms with Crippen molar-refractivity contribution < 1.29 is 9.59 Å². The molecule has 0 unspecified atom stereocenters. The van der Waals surface area contributed by atoms with Gasteiger partial charge in [-0.1, -0.05) is 0 Å². The number of nitrogens with zero attached hydrogens (tertiary/aromatic N) is 2. The lowest BCUT2D eigenvalue weighted by molar-refractivity contribution is -0.123. The van der Waals surface area contributed by atoms with Gasteiger partial charge in [-0.2, -0.15) is 9.97 Å². The first-order chi connectivity index (χ1) is 7.06. The van der Waals surface area contributed by atoms with Crippen LogP contribution in [-0.2, 0) is 9.59 Å². The third kappa shape index (κ3) is 1.64. The maximum atomic E-state index is 11.2. The first-order valence-electron chi connectivity index (χ1n) is 4.09. The van der Waals surface area contributed by atoms with Crippen molar-refractivity contribution in [3.63, 3.8) is 0 Å². The third-order valence-corrected chi connectivity index (χ3v) is 1.80. The fourth-order valence-corrected chi connectivity index (χ4v) is 1.22. The van der Waals surface area contributed by atoms with Crippen LogP contribution in [0.1, 0.15) is 6.42 Å². The van der Waals surface area contributed by atoms with Crippen molar-refractivity contribution in [2.24, 2.45) is 0 Å². The van der Waals surface area contributed by atoms with E-state index in [-0.39, 0.29) is 29.7 Å². The summed E-state index contributed by atoms with van der Waals surface area (Å²) < 4.78 is 0. The molecule has 0 spiro atoms. The molecule has 0 bridgehead atoms. The molecule has 0 saturated carbocycles. The lowest BCUT2D eigenvalue weighted by Gasteiger charge is -2.08. The van der Waals surface area contributed by atoms with E-state index >= 15 is 0 Å². The number of rotatable bonds is 0. The number of carbonyl (C=O) groups is 2. The standard InChI is InChI=1S/C7H8N6O2/c8-5-4-6(13-7(9)12-5)11-3(15)1-2(14)10-4/h1H2,(H,10,14)(H5,8,9,11,12,13,15). The number of hydrogen-bond donors (Lipinski definition) is 4. The highest BCUT2D eigenvalue weighted by Gasteiger charge is 2.22. The highest BCUT2D eigenvalue weighted by molar-refractivity contribution is 6.14. The van der Waals surface area contributed by atoms with Gasteiger partial charge in [0.15, 0.2) is 11.6 Å². The molecule has 1 aromatic rings. The highest BCUT2D eigenvalue weighted by atomic mass is 16.2. The van der Waals surface area contributed by atoms with Crippen LogP contribution in [0.25, 0.3) is 0 Å². The van der Waals surface area contributed by atoms with Gasteiger partial charge in [-0.15, -0.1) is 0 Å². The van der Waals surface area contributed by atoms with Gasteiger partial charge in [0.05, 0.1) is 0 Å². The van der Waals surface area contributed by atoms with Crippen molar-refractivity contribution in [3.05, 3.63) is 0 Å². The summed E-state index contributed by atoms with van der Waals surface area (Å²) in [7, 11) is 0. The van der Waals surface area contributed by atoms with Crippen LogP contribution in [0, 0.1) is 0 Å². The molecule has 8 nitrogen and oxygen atoms in total. The Bertz CT molecular complexity index is 457. The van der Waals surface area contributed by atoms with E-state index in [1.54, 1.807) is 0 Å². The molecule has 1 aliphatic heterocycles. The summed E-state index contributed by atoms with van der Waals surface area (Å²) in [5, 5.41) is 4.82. The second kappa shape index (κ2) is 3.08. The van der Waals surface area contributed by atoms with Gasteiger partial charge in [0.2, 0.25) is 17.8 Å². The highest BCUT2D eigenvalue weighted by Crippen LogP contribution is 2.27. The molecule has 1 aromatic heterocycles. The molecule has 0 aromatic carbocycles. The second-order valence-corrected chi connectivity index (χ2v) is 2.96. The number of nitrogen functional groups attached to an aromatic ring is 2. The molecule has 78 valence electrons. The van der Waals surface area contributed by atoms with Crippen LogP contribution in [-0.4, -0.2) is 21.8 Å². The molecule has 15 heavy (non-hydrogen) atoms. The molecule has 2 rings (SSSR count). The van der Waals surface area contributed by atoms with Crippen molar-refractivity contribution in [1.29, 1.82) is 0 Å². The average Bonchev–Trinajstić information content (AvgIpc) is 2.22. The van der Waals surface area contributed by atoms with Crippen molar-refractivity contribution >= 4 is 35.1 Å². The molecular formula is C7H8N6O2. The zero-order valence-corrected chi connectivity index (χ0v) is 7.57. The maximum absolute atomic E-state index is 11.2. The van der Waals surface area contributed by atoms with Crippen LogP contribution in [0.4, 0.5) is 23.3 Å². The lowest BCUT2D eigenvalue weighted by Crippen LogP contribution is -2.16. The van der Waals surface area contributed by atoms with E-state index in [1.165, 1.54) is 0 Å². The molecule has 8 heteroatoms. The van der Waals surface area contributed by atoms with E-state index in [4.69, 9.17) is 11.5 Å². The van der Waals surface area contributed by atoms with Crippen LogP contribution in [0.2, 0.25) is 0 Å². The van der Waals surface area contributed by atoms with E-state index < -0.39 is 11.8 Å². The molecular weight excluding hydrogens is 200 g/mol. The van der Waals surface area contributed by atoms with Gasteiger partial charge in [0.1, 0.15) is 12.1 Å². The van der Waals surface area contributed by atoms with Crippen molar-refractivity contribution in [3.8, 4) is 0 Å². The van der Waals surface area contributed by atoms with Crippen molar-refractivity contribution in [1.82, 2.24) is 9.97 Å². The molecule has 0 aliphatic carbocycles. The van der Waals surface area contributed by atoms with Crippen LogP contribution in [0.5, 0.6) is 0 Å². The Morgan fingerprint density at radius 1 is 1.07 bits per heavy atom. The predicted molar refractivity (Wildman–Crippen MR) is 52.7 cm³/mol. The van der Waals surface area contributed by atoms with E-state index in [2.05, 4.69) is 20.6 Å². The summed E-state index contributed by atoms with van der Waals surface area (Å²) >= 11 is 0. The maximum Gasteiger partial charge on any atom is 0.235 e. The largest absolute Gasteiger partial charge is 0.382 e. The monoisotopic (exact) mass is 208 g/mol. The fourth-order valence-electron chi connectivity index (χ4n) is 1.22. The Balaban J connectivity index is 2.55. The zero-order valence-electron chi connectivity index (χ0n) is 7.57. The second-order valence-electron chi connectivity index (χ2n) is 2.96. The molecule has 0 fully saturated rings. The van der Waals surface area contributed by atoms with Crippen molar-refractivity contribution in [2.45, 2.75) is 6.42 Å². The number of carbonyl (C=O) groups excluding carboxylic acids is 2. The molecule has 0 radical (unpaired) electrons. The minimum atomic E-state index is -0.469. The number of nitrogens with one attached hydrogen (secondary N) is 2. The van der Waals surface area contributed by atoms with Gasteiger partial charge in [-0.05, 0) is 0 Å². The van der Waals surface area contributed by atoms with Gasteiger partial charge in [0, 0.05) is 0 Å². The van der Waals surface area contributed by atoms with Gasteiger partial charge < -0.3 is 22.1 Å². The first-order valence-corrected chi connectivity index (χ1v) is 4.09. The minimum Gasteiger partial charge on any atom is -0.382 e. The SMILES string of the molecule is Nc1nc(N)c2c(n1)NC(=O)CC(=O)N2. The Morgan fingerprint density at radius 3 is 2.47 bits per heavy atom. The smallest absolute Gasteiger partial charge is 0.235 e. The summed E-state index contributed by atoms with van der Waals surface area (Å²) in [6.07, 6.45) is -0.282. The molecule has 6 N–H and O–H groups in total. The van der Waals surface area contributed by atoms with Gasteiger partial charge >= 0.3 is 0 Å². The van der Waals surface area contributed by atoms with Gasteiger partial charge in [-0.25, -0.2) is 0 Å². The predicted octanol–water partition coefficient (Wildman–Crippen LogP) is -1.08. The average molecular weight is 208 g/mol. The molecule has 1 aliphatic rings. The fraction of sp³-hybridized carbons (Fsp3) is 0.143. The van der Waals surface area contributed by atoms with Crippen LogP contribution in [0.3, 0.4) is 0 Å². The lowest BCUT2D eigenvalue weighted by atomic mass is 10.4. The van der Waals surface area contributed by atoms with Gasteiger partial charge in [0.25, 0.3) is 0 Å². The summed E-state index contributed by atoms with van der Waals surface area (Å²) in [6.45, 7) is 0. The van der Waals surface area contributed by atoms with E-state index in [0.29, 0.717) is 0 Å². The van der Waals surface area contributed by atoms with Crippen molar-refractivity contribution in [2.75, 3.05) is 22.1 Å². The first kappa shape index (κ1) is 9.19. The number of aromatic nitrogens is 2. The van der Waals surface area contributed by atoms with E-state index in [9.17, 15) is 9.59 Å². The van der Waals surface area contributed by atoms with Crippen LogP contribution >= 0.6 is 0 Å². The summed E-state index contributed by atoms with van der Waals surface area (Å²) in [6, 6.07) is 0. The molecule has 2 amide bonds. The number of hydrogen-bond acceptors (Lipinski definition) is 6. The molecule has 0 saturated heterocycles. The van der Waals surface area contributed by atoms with E-state index in [0.717, 1.165) is 0 Å². The van der Waals surface area contributed by atoms with Crippen LogP contribution in [0.15, 0.2) is 0 Å². The van der Waals surface area contributed by atoms with Crippen LogP contribution < -0.4 is 22.1 Å². The molecule has 2 heterocycles. The Morgan fingerprint density at radius 2 is 1.73 bits per heavy atom.